The summed E-state index contributed by atoms with van der Waals surface area (Å²) in [5, 5.41) is 8.20. The van der Waals surface area contributed by atoms with Gasteiger partial charge in [0.15, 0.2) is 5.12 Å². The SMILES string of the molecule is CCC(CO)C(=O)S. The Morgan fingerprint density at radius 1 is 1.88 bits per heavy atom. The average Bonchev–Trinajstić information content (AvgIpc) is 1.69. The maximum absolute atomic E-state index is 10.3. The number of hydrogen-bond acceptors (Lipinski definition) is 2. The fourth-order valence-electron chi connectivity index (χ4n) is 0.382. The second-order valence-corrected chi connectivity index (χ2v) is 2.07. The Morgan fingerprint density at radius 2 is 2.38 bits per heavy atom. The molecule has 0 aliphatic carbocycles. The van der Waals surface area contributed by atoms with Crippen molar-refractivity contribution in [2.45, 2.75) is 13.3 Å². The number of carbonyl (C=O) groups is 1. The smallest absolute Gasteiger partial charge is 0.191 e. The number of aliphatic hydroxyl groups is 1. The Labute approximate surface area is 54.3 Å². The van der Waals surface area contributed by atoms with Gasteiger partial charge in [-0.15, -0.1) is 12.6 Å². The Kier molecular flexibility index (Phi) is 3.91. The molecule has 0 saturated heterocycles. The van der Waals surface area contributed by atoms with Crippen molar-refractivity contribution in [2.24, 2.45) is 5.92 Å². The lowest BCUT2D eigenvalue weighted by molar-refractivity contribution is -0.115. The summed E-state index contributed by atoms with van der Waals surface area (Å²) in [6.45, 7) is 1.76. The van der Waals surface area contributed by atoms with Gasteiger partial charge >= 0.3 is 0 Å². The van der Waals surface area contributed by atoms with E-state index in [1.54, 1.807) is 0 Å². The zero-order valence-corrected chi connectivity index (χ0v) is 5.69. The second kappa shape index (κ2) is 3.92. The van der Waals surface area contributed by atoms with E-state index in [1.807, 2.05) is 6.92 Å². The number of hydrogen-bond donors (Lipinski definition) is 2. The van der Waals surface area contributed by atoms with Crippen LogP contribution in [-0.2, 0) is 4.79 Å². The molecular weight excluding hydrogens is 124 g/mol. The molecule has 0 aliphatic heterocycles. The molecule has 0 aromatic carbocycles. The van der Waals surface area contributed by atoms with E-state index in [0.29, 0.717) is 6.42 Å². The lowest BCUT2D eigenvalue weighted by Crippen LogP contribution is -2.11. The van der Waals surface area contributed by atoms with Crippen LogP contribution in [0.2, 0.25) is 0 Å². The third kappa shape index (κ3) is 2.33. The average molecular weight is 134 g/mol. The molecule has 0 radical (unpaired) electrons. The fraction of sp³-hybridized carbons (Fsp3) is 0.800. The molecule has 0 saturated carbocycles. The minimum atomic E-state index is -0.265. The number of rotatable bonds is 3. The highest BCUT2D eigenvalue weighted by atomic mass is 32.1. The van der Waals surface area contributed by atoms with Gasteiger partial charge in [-0.05, 0) is 6.42 Å². The van der Waals surface area contributed by atoms with Crippen molar-refractivity contribution in [3.63, 3.8) is 0 Å². The molecule has 8 heavy (non-hydrogen) atoms. The van der Waals surface area contributed by atoms with Gasteiger partial charge in [-0.1, -0.05) is 6.92 Å². The molecule has 0 aromatic heterocycles. The third-order valence-electron chi connectivity index (χ3n) is 1.06. The Balaban J connectivity index is 3.52. The Hall–Kier alpha value is -0.0200. The Morgan fingerprint density at radius 3 is 2.38 bits per heavy atom. The molecule has 0 bridgehead atoms. The largest absolute Gasteiger partial charge is 0.396 e. The zero-order valence-electron chi connectivity index (χ0n) is 4.79. The summed E-state index contributed by atoms with van der Waals surface area (Å²) in [4.78, 5) is 10.3. The van der Waals surface area contributed by atoms with Crippen molar-refractivity contribution < 1.29 is 9.90 Å². The summed E-state index contributed by atoms with van der Waals surface area (Å²) >= 11 is 3.55. The highest BCUT2D eigenvalue weighted by Crippen LogP contribution is 2.03. The first-order valence-corrected chi connectivity index (χ1v) is 3.00. The van der Waals surface area contributed by atoms with E-state index in [0.717, 1.165) is 0 Å². The summed E-state index contributed by atoms with van der Waals surface area (Å²) in [5.74, 6) is -0.265. The van der Waals surface area contributed by atoms with Gasteiger partial charge in [-0.3, -0.25) is 4.79 Å². The van der Waals surface area contributed by atoms with Gasteiger partial charge < -0.3 is 5.11 Å². The van der Waals surface area contributed by atoms with Crippen molar-refractivity contribution in [3.05, 3.63) is 0 Å². The lowest BCUT2D eigenvalue weighted by atomic mass is 10.1. The molecule has 1 unspecified atom stereocenters. The molecule has 0 aromatic rings. The predicted molar refractivity (Wildman–Crippen MR) is 34.9 cm³/mol. The molecular formula is C5H10O2S. The quantitative estimate of drug-likeness (QED) is 0.550. The molecule has 0 spiro atoms. The molecule has 0 aliphatic rings. The van der Waals surface area contributed by atoms with E-state index >= 15 is 0 Å². The van der Waals surface area contributed by atoms with Crippen molar-refractivity contribution in [1.82, 2.24) is 0 Å². The van der Waals surface area contributed by atoms with Crippen molar-refractivity contribution in [1.29, 1.82) is 0 Å². The highest BCUT2D eigenvalue weighted by molar-refractivity contribution is 7.96. The van der Waals surface area contributed by atoms with E-state index in [-0.39, 0.29) is 17.6 Å². The zero-order chi connectivity index (χ0) is 6.57. The predicted octanol–water partition coefficient (Wildman–Crippen LogP) is 0.461. The molecule has 1 atom stereocenters. The molecule has 0 fully saturated rings. The molecule has 0 heterocycles. The normalized spacial score (nSPS) is 13.4. The summed E-state index contributed by atoms with van der Waals surface area (Å²) in [6.07, 6.45) is 0.666. The molecule has 1 N–H and O–H groups in total. The monoisotopic (exact) mass is 134 g/mol. The van der Waals surface area contributed by atoms with Gasteiger partial charge in [0.05, 0.1) is 12.5 Å². The number of aliphatic hydroxyl groups excluding tert-OH is 1. The van der Waals surface area contributed by atoms with Crippen LogP contribution in [-0.4, -0.2) is 16.8 Å². The van der Waals surface area contributed by atoms with Crippen LogP contribution in [0.5, 0.6) is 0 Å². The van der Waals surface area contributed by atoms with Gasteiger partial charge in [0.1, 0.15) is 0 Å². The highest BCUT2D eigenvalue weighted by Gasteiger charge is 2.09. The molecule has 0 amide bonds. The maximum Gasteiger partial charge on any atom is 0.191 e. The van der Waals surface area contributed by atoms with Crippen LogP contribution in [0.15, 0.2) is 0 Å². The van der Waals surface area contributed by atoms with Crippen molar-refractivity contribution in [2.75, 3.05) is 6.61 Å². The van der Waals surface area contributed by atoms with Gasteiger partial charge in [-0.2, -0.15) is 0 Å². The minimum absolute atomic E-state index is 0.0845. The van der Waals surface area contributed by atoms with Gasteiger partial charge in [0.25, 0.3) is 0 Å². The molecule has 48 valence electrons. The van der Waals surface area contributed by atoms with Crippen LogP contribution in [0.4, 0.5) is 0 Å². The van der Waals surface area contributed by atoms with Crippen LogP contribution in [0.25, 0.3) is 0 Å². The van der Waals surface area contributed by atoms with Gasteiger partial charge in [0.2, 0.25) is 0 Å². The number of thiol groups is 1. The van der Waals surface area contributed by atoms with Crippen LogP contribution in [0.1, 0.15) is 13.3 Å². The van der Waals surface area contributed by atoms with Crippen LogP contribution in [0, 0.1) is 5.92 Å². The summed E-state index contributed by atoms with van der Waals surface area (Å²) < 4.78 is 0. The third-order valence-corrected chi connectivity index (χ3v) is 1.43. The standard InChI is InChI=1S/C5H10O2S/c1-2-4(3-6)5(7)8/h4,6H,2-3H2,1H3,(H,7,8). The van der Waals surface area contributed by atoms with E-state index in [1.165, 1.54) is 0 Å². The Bertz CT molecular complexity index is 78.5. The summed E-state index contributed by atoms with van der Waals surface area (Å²) in [7, 11) is 0. The fourth-order valence-corrected chi connectivity index (χ4v) is 0.646. The van der Waals surface area contributed by atoms with E-state index < -0.39 is 0 Å². The minimum Gasteiger partial charge on any atom is -0.396 e. The first kappa shape index (κ1) is 7.98. The second-order valence-electron chi connectivity index (χ2n) is 1.63. The van der Waals surface area contributed by atoms with E-state index in [2.05, 4.69) is 12.6 Å². The van der Waals surface area contributed by atoms with Gasteiger partial charge in [0, 0.05) is 0 Å². The first-order valence-electron chi connectivity index (χ1n) is 2.56. The van der Waals surface area contributed by atoms with Crippen molar-refractivity contribution in [3.8, 4) is 0 Å². The maximum atomic E-state index is 10.3. The van der Waals surface area contributed by atoms with Crippen LogP contribution < -0.4 is 0 Å². The summed E-state index contributed by atoms with van der Waals surface area (Å²) in [6, 6.07) is 0. The molecule has 2 nitrogen and oxygen atoms in total. The van der Waals surface area contributed by atoms with Crippen LogP contribution in [0.3, 0.4) is 0 Å². The van der Waals surface area contributed by atoms with Crippen LogP contribution >= 0.6 is 12.6 Å². The first-order chi connectivity index (χ1) is 3.72. The van der Waals surface area contributed by atoms with E-state index in [4.69, 9.17) is 5.11 Å². The lowest BCUT2D eigenvalue weighted by Gasteiger charge is -2.02. The van der Waals surface area contributed by atoms with E-state index in [9.17, 15) is 4.79 Å². The topological polar surface area (TPSA) is 37.3 Å². The molecule has 0 rings (SSSR count). The molecule has 3 heteroatoms. The number of carbonyl (C=O) groups excluding carboxylic acids is 1. The van der Waals surface area contributed by atoms with Crippen molar-refractivity contribution >= 4 is 17.7 Å². The van der Waals surface area contributed by atoms with Gasteiger partial charge in [-0.25, -0.2) is 0 Å². The summed E-state index contributed by atoms with van der Waals surface area (Å²) in [5.41, 5.74) is 0.